The lowest BCUT2D eigenvalue weighted by Gasteiger charge is -2.12. The maximum Gasteiger partial charge on any atom is 0.419 e. The van der Waals surface area contributed by atoms with Crippen molar-refractivity contribution in [3.8, 4) is 0 Å². The van der Waals surface area contributed by atoms with Crippen LogP contribution in [0.5, 0.6) is 0 Å². The van der Waals surface area contributed by atoms with Crippen molar-refractivity contribution < 1.29 is 22.0 Å². The van der Waals surface area contributed by atoms with Crippen molar-refractivity contribution in [2.75, 3.05) is 0 Å². The molecule has 1 rings (SSSR count). The van der Waals surface area contributed by atoms with E-state index in [0.717, 1.165) is 6.07 Å². The SMILES string of the molecule is CC(C)c1ccc(C(F)(F)F)c(F)c1F. The molecule has 5 heteroatoms. The maximum atomic E-state index is 13.2. The molecule has 0 fully saturated rings. The van der Waals surface area contributed by atoms with Gasteiger partial charge in [-0.25, -0.2) is 8.78 Å². The van der Waals surface area contributed by atoms with E-state index in [-0.39, 0.29) is 11.5 Å². The van der Waals surface area contributed by atoms with E-state index in [2.05, 4.69) is 0 Å². The van der Waals surface area contributed by atoms with Crippen molar-refractivity contribution in [2.45, 2.75) is 25.9 Å². The van der Waals surface area contributed by atoms with Gasteiger partial charge < -0.3 is 0 Å². The zero-order valence-corrected chi connectivity index (χ0v) is 8.12. The first kappa shape index (κ1) is 11.9. The molecule has 1 aromatic carbocycles. The largest absolute Gasteiger partial charge is 0.419 e. The van der Waals surface area contributed by atoms with Gasteiger partial charge in [0.25, 0.3) is 0 Å². The molecule has 0 aliphatic rings. The molecule has 0 aliphatic heterocycles. The molecule has 1 aromatic rings. The predicted molar refractivity (Wildman–Crippen MR) is 45.4 cm³/mol. The maximum absolute atomic E-state index is 13.2. The van der Waals surface area contributed by atoms with Gasteiger partial charge in [-0.2, -0.15) is 13.2 Å². The summed E-state index contributed by atoms with van der Waals surface area (Å²) in [5.74, 6) is -3.60. The van der Waals surface area contributed by atoms with Crippen molar-refractivity contribution in [1.82, 2.24) is 0 Å². The van der Waals surface area contributed by atoms with E-state index in [1.54, 1.807) is 13.8 Å². The second-order valence-electron chi connectivity index (χ2n) is 3.48. The second kappa shape index (κ2) is 3.79. The number of hydrogen-bond acceptors (Lipinski definition) is 0. The van der Waals surface area contributed by atoms with Crippen molar-refractivity contribution >= 4 is 0 Å². The topological polar surface area (TPSA) is 0 Å². The van der Waals surface area contributed by atoms with Crippen LogP contribution < -0.4 is 0 Å². The standard InChI is InChI=1S/C10H9F5/c1-5(2)6-3-4-7(10(13,14)15)9(12)8(6)11/h3-5H,1-2H3. The Kier molecular flexibility index (Phi) is 3.02. The molecule has 0 saturated carbocycles. The van der Waals surface area contributed by atoms with Gasteiger partial charge in [-0.05, 0) is 17.5 Å². The smallest absolute Gasteiger partial charge is 0.203 e. The minimum Gasteiger partial charge on any atom is -0.203 e. The van der Waals surface area contributed by atoms with E-state index in [1.165, 1.54) is 0 Å². The van der Waals surface area contributed by atoms with Gasteiger partial charge >= 0.3 is 6.18 Å². The Balaban J connectivity index is 3.34. The van der Waals surface area contributed by atoms with Crippen LogP contribution in [0.2, 0.25) is 0 Å². The van der Waals surface area contributed by atoms with E-state index in [1.807, 2.05) is 0 Å². The lowest BCUT2D eigenvalue weighted by Crippen LogP contribution is -2.11. The van der Waals surface area contributed by atoms with Crippen LogP contribution in [0, 0.1) is 11.6 Å². The first-order valence-electron chi connectivity index (χ1n) is 4.30. The third-order valence-electron chi connectivity index (χ3n) is 2.04. The van der Waals surface area contributed by atoms with E-state index >= 15 is 0 Å². The summed E-state index contributed by atoms with van der Waals surface area (Å²) in [6.45, 7) is 3.15. The van der Waals surface area contributed by atoms with Crippen LogP contribution >= 0.6 is 0 Å². The van der Waals surface area contributed by atoms with E-state index < -0.39 is 23.4 Å². The van der Waals surface area contributed by atoms with Gasteiger partial charge in [0.05, 0.1) is 5.56 Å². The highest BCUT2D eigenvalue weighted by Gasteiger charge is 2.36. The Morgan fingerprint density at radius 3 is 1.93 bits per heavy atom. The molecule has 0 unspecified atom stereocenters. The van der Waals surface area contributed by atoms with Crippen LogP contribution in [0.4, 0.5) is 22.0 Å². The third kappa shape index (κ3) is 2.27. The zero-order chi connectivity index (χ0) is 11.8. The summed E-state index contributed by atoms with van der Waals surface area (Å²) >= 11 is 0. The summed E-state index contributed by atoms with van der Waals surface area (Å²) in [5, 5.41) is 0. The van der Waals surface area contributed by atoms with E-state index in [0.29, 0.717) is 6.07 Å². The first-order valence-corrected chi connectivity index (χ1v) is 4.30. The van der Waals surface area contributed by atoms with Gasteiger partial charge in [0.2, 0.25) is 0 Å². The quantitative estimate of drug-likeness (QED) is 0.630. The van der Waals surface area contributed by atoms with Crippen LogP contribution in [-0.4, -0.2) is 0 Å². The highest BCUT2D eigenvalue weighted by atomic mass is 19.4. The summed E-state index contributed by atoms with van der Waals surface area (Å²) < 4.78 is 62.7. The predicted octanol–water partition coefficient (Wildman–Crippen LogP) is 4.11. The molecular weight excluding hydrogens is 215 g/mol. The van der Waals surface area contributed by atoms with Crippen LogP contribution in [-0.2, 0) is 6.18 Å². The van der Waals surface area contributed by atoms with Gasteiger partial charge in [0, 0.05) is 0 Å². The summed E-state index contributed by atoms with van der Waals surface area (Å²) in [4.78, 5) is 0. The molecule has 0 spiro atoms. The normalized spacial score (nSPS) is 12.3. The molecular formula is C10H9F5. The Morgan fingerprint density at radius 2 is 1.53 bits per heavy atom. The van der Waals surface area contributed by atoms with Crippen molar-refractivity contribution in [1.29, 1.82) is 0 Å². The lowest BCUT2D eigenvalue weighted by atomic mass is 10.0. The fraction of sp³-hybridized carbons (Fsp3) is 0.400. The van der Waals surface area contributed by atoms with Gasteiger partial charge in [-0.3, -0.25) is 0 Å². The molecule has 0 nitrogen and oxygen atoms in total. The van der Waals surface area contributed by atoms with Gasteiger partial charge in [0.15, 0.2) is 11.6 Å². The van der Waals surface area contributed by atoms with E-state index in [9.17, 15) is 22.0 Å². The fourth-order valence-electron chi connectivity index (χ4n) is 1.23. The van der Waals surface area contributed by atoms with Crippen molar-refractivity contribution in [3.63, 3.8) is 0 Å². The van der Waals surface area contributed by atoms with Crippen molar-refractivity contribution in [3.05, 3.63) is 34.9 Å². The third-order valence-corrected chi connectivity index (χ3v) is 2.04. The van der Waals surface area contributed by atoms with Crippen molar-refractivity contribution in [2.24, 2.45) is 0 Å². The van der Waals surface area contributed by atoms with E-state index in [4.69, 9.17) is 0 Å². The Bertz CT molecular complexity index is 365. The fourth-order valence-corrected chi connectivity index (χ4v) is 1.23. The summed E-state index contributed by atoms with van der Waals surface area (Å²) in [6.07, 6.45) is -4.86. The molecule has 0 aliphatic carbocycles. The minimum atomic E-state index is -4.86. The highest BCUT2D eigenvalue weighted by molar-refractivity contribution is 5.30. The van der Waals surface area contributed by atoms with Crippen LogP contribution in [0.25, 0.3) is 0 Å². The van der Waals surface area contributed by atoms with Crippen LogP contribution in [0.3, 0.4) is 0 Å². The number of rotatable bonds is 1. The molecule has 0 bridgehead atoms. The zero-order valence-electron chi connectivity index (χ0n) is 8.12. The average molecular weight is 224 g/mol. The molecule has 84 valence electrons. The molecule has 0 heterocycles. The number of alkyl halides is 3. The number of benzene rings is 1. The van der Waals surface area contributed by atoms with Crippen LogP contribution in [0.1, 0.15) is 30.9 Å². The molecule has 0 atom stereocenters. The monoisotopic (exact) mass is 224 g/mol. The van der Waals surface area contributed by atoms with Gasteiger partial charge in [-0.1, -0.05) is 19.9 Å². The van der Waals surface area contributed by atoms with Gasteiger partial charge in [-0.15, -0.1) is 0 Å². The molecule has 0 N–H and O–H groups in total. The number of halogens is 5. The van der Waals surface area contributed by atoms with Crippen LogP contribution in [0.15, 0.2) is 12.1 Å². The highest BCUT2D eigenvalue weighted by Crippen LogP contribution is 2.34. The molecule has 0 aromatic heterocycles. The summed E-state index contributed by atoms with van der Waals surface area (Å²) in [7, 11) is 0. The molecule has 0 saturated heterocycles. The lowest BCUT2D eigenvalue weighted by molar-refractivity contribution is -0.140. The second-order valence-corrected chi connectivity index (χ2v) is 3.48. The Morgan fingerprint density at radius 1 is 1.00 bits per heavy atom. The molecule has 0 amide bonds. The Labute approximate surface area is 83.7 Å². The minimum absolute atomic E-state index is 0.0551. The average Bonchev–Trinajstić information content (AvgIpc) is 2.06. The molecule has 15 heavy (non-hydrogen) atoms. The number of hydrogen-bond donors (Lipinski definition) is 0. The van der Waals surface area contributed by atoms with Gasteiger partial charge in [0.1, 0.15) is 0 Å². The first-order chi connectivity index (χ1) is 6.75. The summed E-state index contributed by atoms with van der Waals surface area (Å²) in [5.41, 5.74) is -1.62. The molecule has 0 radical (unpaired) electrons. The summed E-state index contributed by atoms with van der Waals surface area (Å²) in [6, 6.07) is 1.53. The Hall–Kier alpha value is -1.13.